The first-order valence-electron chi connectivity index (χ1n) is 7.70. The van der Waals surface area contributed by atoms with Gasteiger partial charge in [-0.1, -0.05) is 36.9 Å². The number of hydrogen-bond donors (Lipinski definition) is 1. The van der Waals surface area contributed by atoms with Crippen molar-refractivity contribution in [1.29, 1.82) is 0 Å². The van der Waals surface area contributed by atoms with Gasteiger partial charge in [-0.05, 0) is 42.3 Å². The molecule has 22 heavy (non-hydrogen) atoms. The number of benzene rings is 2. The molecule has 0 heterocycles. The van der Waals surface area contributed by atoms with Gasteiger partial charge in [-0.3, -0.25) is 0 Å². The minimum absolute atomic E-state index is 0.551. The van der Waals surface area contributed by atoms with E-state index in [2.05, 4.69) is 48.3 Å². The Hall–Kier alpha value is -1.84. The van der Waals surface area contributed by atoms with Crippen molar-refractivity contribution in [2.45, 2.75) is 19.9 Å². The largest absolute Gasteiger partial charge is 0.489 e. The van der Waals surface area contributed by atoms with Crippen molar-refractivity contribution in [3.8, 4) is 5.75 Å². The number of hydrogen-bond acceptors (Lipinski definition) is 3. The van der Waals surface area contributed by atoms with E-state index in [0.717, 1.165) is 37.4 Å². The molecule has 0 saturated heterocycles. The van der Waals surface area contributed by atoms with E-state index in [9.17, 15) is 0 Å². The topological polar surface area (TPSA) is 30.5 Å². The standard InChI is InChI=1S/C19H25NO2/c1-15(2)14-22-19-10-9-16-7-4-5-8-17(16)18(19)13-20-11-6-12-21-3/h4-5,7-10,20H,1,6,11-14H2,2-3H3. The molecule has 0 saturated carbocycles. The highest BCUT2D eigenvalue weighted by Crippen LogP contribution is 2.28. The fourth-order valence-corrected chi connectivity index (χ4v) is 2.39. The summed E-state index contributed by atoms with van der Waals surface area (Å²) in [5, 5.41) is 5.95. The van der Waals surface area contributed by atoms with Crippen LogP contribution in [-0.2, 0) is 11.3 Å². The zero-order chi connectivity index (χ0) is 15.8. The van der Waals surface area contributed by atoms with Crippen molar-refractivity contribution in [1.82, 2.24) is 5.32 Å². The highest BCUT2D eigenvalue weighted by atomic mass is 16.5. The van der Waals surface area contributed by atoms with Crippen LogP contribution in [0.15, 0.2) is 48.6 Å². The van der Waals surface area contributed by atoms with E-state index in [0.29, 0.717) is 6.61 Å². The van der Waals surface area contributed by atoms with Crippen LogP contribution in [0.1, 0.15) is 18.9 Å². The molecule has 1 N–H and O–H groups in total. The van der Waals surface area contributed by atoms with Gasteiger partial charge in [0.05, 0.1) is 0 Å². The van der Waals surface area contributed by atoms with Gasteiger partial charge in [0, 0.05) is 25.8 Å². The van der Waals surface area contributed by atoms with E-state index >= 15 is 0 Å². The number of ether oxygens (including phenoxy) is 2. The van der Waals surface area contributed by atoms with Gasteiger partial charge < -0.3 is 14.8 Å². The van der Waals surface area contributed by atoms with Gasteiger partial charge in [0.25, 0.3) is 0 Å². The predicted octanol–water partition coefficient (Wildman–Crippen LogP) is 3.92. The Morgan fingerprint density at radius 1 is 1.18 bits per heavy atom. The second-order valence-electron chi connectivity index (χ2n) is 5.53. The SMILES string of the molecule is C=C(C)COc1ccc2ccccc2c1CNCCCOC. The lowest BCUT2D eigenvalue weighted by Crippen LogP contribution is -2.17. The Labute approximate surface area is 132 Å². The van der Waals surface area contributed by atoms with Crippen LogP contribution in [0, 0.1) is 0 Å². The maximum absolute atomic E-state index is 5.92. The minimum atomic E-state index is 0.551. The van der Waals surface area contributed by atoms with Crippen molar-refractivity contribution >= 4 is 10.8 Å². The normalized spacial score (nSPS) is 10.8. The summed E-state index contributed by atoms with van der Waals surface area (Å²) in [6.45, 7) is 8.93. The number of methoxy groups -OCH3 is 1. The van der Waals surface area contributed by atoms with Gasteiger partial charge >= 0.3 is 0 Å². The Kier molecular flexibility index (Phi) is 6.44. The maximum atomic E-state index is 5.92. The van der Waals surface area contributed by atoms with Crippen LogP contribution < -0.4 is 10.1 Å². The van der Waals surface area contributed by atoms with Crippen molar-refractivity contribution < 1.29 is 9.47 Å². The van der Waals surface area contributed by atoms with Crippen molar-refractivity contribution in [2.75, 3.05) is 26.9 Å². The molecule has 0 radical (unpaired) electrons. The molecule has 0 spiro atoms. The van der Waals surface area contributed by atoms with Crippen LogP contribution in [0.25, 0.3) is 10.8 Å². The van der Waals surface area contributed by atoms with Gasteiger partial charge in [0.2, 0.25) is 0 Å². The average molecular weight is 299 g/mol. The van der Waals surface area contributed by atoms with E-state index < -0.39 is 0 Å². The lowest BCUT2D eigenvalue weighted by Gasteiger charge is -2.15. The summed E-state index contributed by atoms with van der Waals surface area (Å²) in [6.07, 6.45) is 1.00. The van der Waals surface area contributed by atoms with Crippen LogP contribution in [0.4, 0.5) is 0 Å². The summed E-state index contributed by atoms with van der Waals surface area (Å²) in [4.78, 5) is 0. The van der Waals surface area contributed by atoms with Crippen molar-refractivity contribution in [3.05, 3.63) is 54.1 Å². The zero-order valence-electron chi connectivity index (χ0n) is 13.5. The summed E-state index contributed by atoms with van der Waals surface area (Å²) in [6, 6.07) is 12.6. The fraction of sp³-hybridized carbons (Fsp3) is 0.368. The highest BCUT2D eigenvalue weighted by Gasteiger charge is 2.08. The second kappa shape index (κ2) is 8.57. The van der Waals surface area contributed by atoms with Gasteiger partial charge in [0.1, 0.15) is 12.4 Å². The average Bonchev–Trinajstić information content (AvgIpc) is 2.53. The molecule has 2 aromatic carbocycles. The molecular formula is C19H25NO2. The molecule has 0 aromatic heterocycles. The Balaban J connectivity index is 2.17. The van der Waals surface area contributed by atoms with Crippen LogP contribution in [0.5, 0.6) is 5.75 Å². The van der Waals surface area contributed by atoms with E-state index in [-0.39, 0.29) is 0 Å². The van der Waals surface area contributed by atoms with Gasteiger partial charge in [-0.25, -0.2) is 0 Å². The summed E-state index contributed by atoms with van der Waals surface area (Å²) >= 11 is 0. The predicted molar refractivity (Wildman–Crippen MR) is 92.5 cm³/mol. The molecule has 0 aliphatic heterocycles. The van der Waals surface area contributed by atoms with Crippen molar-refractivity contribution in [2.24, 2.45) is 0 Å². The lowest BCUT2D eigenvalue weighted by molar-refractivity contribution is 0.194. The molecule has 2 aromatic rings. The van der Waals surface area contributed by atoms with Crippen LogP contribution in [0.3, 0.4) is 0 Å². The smallest absolute Gasteiger partial charge is 0.124 e. The lowest BCUT2D eigenvalue weighted by atomic mass is 10.0. The Morgan fingerprint density at radius 3 is 2.77 bits per heavy atom. The fourth-order valence-electron chi connectivity index (χ4n) is 2.39. The number of fused-ring (bicyclic) bond motifs is 1. The summed E-state index contributed by atoms with van der Waals surface area (Å²) < 4.78 is 11.0. The van der Waals surface area contributed by atoms with E-state index in [1.165, 1.54) is 16.3 Å². The summed E-state index contributed by atoms with van der Waals surface area (Å²) in [5.41, 5.74) is 2.23. The molecule has 0 atom stereocenters. The van der Waals surface area contributed by atoms with Gasteiger partial charge in [-0.15, -0.1) is 0 Å². The van der Waals surface area contributed by atoms with E-state index in [4.69, 9.17) is 9.47 Å². The van der Waals surface area contributed by atoms with E-state index in [1.54, 1.807) is 7.11 Å². The molecular weight excluding hydrogens is 274 g/mol. The molecule has 2 rings (SSSR count). The Bertz CT molecular complexity index is 622. The second-order valence-corrected chi connectivity index (χ2v) is 5.53. The van der Waals surface area contributed by atoms with E-state index in [1.807, 2.05) is 6.92 Å². The minimum Gasteiger partial charge on any atom is -0.489 e. The maximum Gasteiger partial charge on any atom is 0.124 e. The Morgan fingerprint density at radius 2 is 2.00 bits per heavy atom. The monoisotopic (exact) mass is 299 g/mol. The molecule has 0 aliphatic rings. The first-order chi connectivity index (χ1) is 10.7. The van der Waals surface area contributed by atoms with Gasteiger partial charge in [0.15, 0.2) is 0 Å². The molecule has 3 heteroatoms. The number of nitrogens with one attached hydrogen (secondary N) is 1. The van der Waals surface area contributed by atoms with Crippen LogP contribution in [0.2, 0.25) is 0 Å². The summed E-state index contributed by atoms with van der Waals surface area (Å²) in [5.74, 6) is 0.931. The van der Waals surface area contributed by atoms with Crippen LogP contribution >= 0.6 is 0 Å². The molecule has 0 fully saturated rings. The first kappa shape index (κ1) is 16.5. The zero-order valence-corrected chi connectivity index (χ0v) is 13.5. The molecule has 3 nitrogen and oxygen atoms in total. The molecule has 0 amide bonds. The molecule has 0 unspecified atom stereocenters. The van der Waals surface area contributed by atoms with Gasteiger partial charge in [-0.2, -0.15) is 0 Å². The third-order valence-electron chi connectivity index (χ3n) is 3.48. The quantitative estimate of drug-likeness (QED) is 0.562. The molecule has 0 aliphatic carbocycles. The first-order valence-corrected chi connectivity index (χ1v) is 7.70. The molecule has 118 valence electrons. The number of rotatable bonds is 9. The third-order valence-corrected chi connectivity index (χ3v) is 3.48. The van der Waals surface area contributed by atoms with Crippen molar-refractivity contribution in [3.63, 3.8) is 0 Å². The molecule has 0 bridgehead atoms. The third kappa shape index (κ3) is 4.58. The highest BCUT2D eigenvalue weighted by molar-refractivity contribution is 5.87. The summed E-state index contributed by atoms with van der Waals surface area (Å²) in [7, 11) is 1.73. The van der Waals surface area contributed by atoms with Crippen LogP contribution in [-0.4, -0.2) is 26.9 Å².